The van der Waals surface area contributed by atoms with Gasteiger partial charge in [0, 0.05) is 17.2 Å². The van der Waals surface area contributed by atoms with Gasteiger partial charge in [-0.25, -0.2) is 5.43 Å². The quantitative estimate of drug-likeness (QED) is 0.401. The molecular formula is C25H25N3O5. The summed E-state index contributed by atoms with van der Waals surface area (Å²) in [5.74, 6) is 0.708. The minimum atomic E-state index is -0.481. The molecule has 0 unspecified atom stereocenters. The van der Waals surface area contributed by atoms with Crippen molar-refractivity contribution in [3.8, 4) is 17.2 Å². The largest absolute Gasteiger partial charge is 0.496 e. The third-order valence-electron chi connectivity index (χ3n) is 4.84. The van der Waals surface area contributed by atoms with Crippen LogP contribution in [0.2, 0.25) is 0 Å². The van der Waals surface area contributed by atoms with Crippen LogP contribution in [-0.2, 0) is 0 Å². The second-order valence-corrected chi connectivity index (χ2v) is 7.01. The predicted octanol–water partition coefficient (Wildman–Crippen LogP) is 4.04. The van der Waals surface area contributed by atoms with Crippen molar-refractivity contribution in [3.05, 3.63) is 82.9 Å². The molecule has 0 aliphatic rings. The fourth-order valence-corrected chi connectivity index (χ4v) is 3.06. The van der Waals surface area contributed by atoms with E-state index in [1.54, 1.807) is 48.5 Å². The van der Waals surface area contributed by atoms with Crippen LogP contribution in [0.1, 0.15) is 31.8 Å². The van der Waals surface area contributed by atoms with E-state index in [0.29, 0.717) is 34.1 Å². The molecule has 0 atom stereocenters. The van der Waals surface area contributed by atoms with E-state index in [9.17, 15) is 9.59 Å². The Labute approximate surface area is 192 Å². The number of rotatable bonds is 8. The third kappa shape index (κ3) is 5.68. The van der Waals surface area contributed by atoms with E-state index in [-0.39, 0.29) is 11.5 Å². The van der Waals surface area contributed by atoms with Crippen LogP contribution in [-0.4, -0.2) is 39.4 Å². The van der Waals surface area contributed by atoms with Crippen LogP contribution in [0.4, 0.5) is 5.69 Å². The Balaban J connectivity index is 1.76. The maximum Gasteiger partial charge on any atom is 0.273 e. The molecule has 33 heavy (non-hydrogen) atoms. The Morgan fingerprint density at radius 2 is 1.45 bits per heavy atom. The van der Waals surface area contributed by atoms with Crippen molar-refractivity contribution in [2.45, 2.75) is 6.92 Å². The van der Waals surface area contributed by atoms with Crippen molar-refractivity contribution < 1.29 is 23.8 Å². The number of hydrazone groups is 1. The van der Waals surface area contributed by atoms with Gasteiger partial charge in [0.2, 0.25) is 0 Å². The van der Waals surface area contributed by atoms with Crippen molar-refractivity contribution in [3.63, 3.8) is 0 Å². The van der Waals surface area contributed by atoms with Crippen molar-refractivity contribution in [1.82, 2.24) is 5.43 Å². The highest BCUT2D eigenvalue weighted by atomic mass is 16.5. The number of para-hydroxylation sites is 1. The summed E-state index contributed by atoms with van der Waals surface area (Å²) < 4.78 is 15.9. The molecule has 170 valence electrons. The molecule has 0 radical (unpaired) electrons. The van der Waals surface area contributed by atoms with Crippen molar-refractivity contribution in [2.75, 3.05) is 26.6 Å². The zero-order valence-corrected chi connectivity index (χ0v) is 18.8. The molecule has 3 aromatic carbocycles. The van der Waals surface area contributed by atoms with E-state index in [2.05, 4.69) is 15.8 Å². The number of aryl methyl sites for hydroxylation is 1. The van der Waals surface area contributed by atoms with E-state index in [0.717, 1.165) is 5.56 Å². The van der Waals surface area contributed by atoms with E-state index in [4.69, 9.17) is 14.2 Å². The second-order valence-electron chi connectivity index (χ2n) is 7.01. The first kappa shape index (κ1) is 23.3. The van der Waals surface area contributed by atoms with Crippen LogP contribution in [0.3, 0.4) is 0 Å². The Bertz CT molecular complexity index is 1170. The fourth-order valence-electron chi connectivity index (χ4n) is 3.06. The highest BCUT2D eigenvalue weighted by Gasteiger charge is 2.14. The molecule has 8 heteroatoms. The van der Waals surface area contributed by atoms with Crippen LogP contribution in [0.5, 0.6) is 17.2 Å². The van der Waals surface area contributed by atoms with Gasteiger partial charge in [-0.05, 0) is 37.3 Å². The summed E-state index contributed by atoms with van der Waals surface area (Å²) in [5.41, 5.74) is 5.25. The zero-order valence-electron chi connectivity index (χ0n) is 18.8. The van der Waals surface area contributed by atoms with Crippen LogP contribution in [0.25, 0.3) is 0 Å². The monoisotopic (exact) mass is 447 g/mol. The molecule has 3 aromatic rings. The summed E-state index contributed by atoms with van der Waals surface area (Å²) in [5, 5.41) is 6.81. The van der Waals surface area contributed by atoms with Gasteiger partial charge in [-0.15, -0.1) is 0 Å². The lowest BCUT2D eigenvalue weighted by Crippen LogP contribution is -2.21. The van der Waals surface area contributed by atoms with Gasteiger partial charge in [-0.1, -0.05) is 29.8 Å². The number of anilines is 1. The molecule has 0 spiro atoms. The molecular weight excluding hydrogens is 422 g/mol. The number of hydrogen-bond donors (Lipinski definition) is 2. The van der Waals surface area contributed by atoms with Gasteiger partial charge in [-0.3, -0.25) is 9.59 Å². The van der Waals surface area contributed by atoms with Gasteiger partial charge in [0.25, 0.3) is 11.8 Å². The van der Waals surface area contributed by atoms with E-state index >= 15 is 0 Å². The standard InChI is InChI=1S/C25H25N3O5/c1-16-9-11-17(12-10-16)24(29)27-20-8-6-5-7-19(20)25(30)28-26-15-18-13-22(32-3)23(33-4)14-21(18)31-2/h5-15H,1-4H3,(H,27,29)(H,28,30)/b26-15+. The normalized spacial score (nSPS) is 10.5. The van der Waals surface area contributed by atoms with E-state index < -0.39 is 5.91 Å². The lowest BCUT2D eigenvalue weighted by Gasteiger charge is -2.12. The topological polar surface area (TPSA) is 98.2 Å². The molecule has 0 fully saturated rings. The molecule has 0 aromatic heterocycles. The van der Waals surface area contributed by atoms with Crippen LogP contribution < -0.4 is 25.0 Å². The third-order valence-corrected chi connectivity index (χ3v) is 4.84. The molecule has 8 nitrogen and oxygen atoms in total. The molecule has 3 rings (SSSR count). The van der Waals surface area contributed by atoms with Gasteiger partial charge in [-0.2, -0.15) is 5.10 Å². The van der Waals surface area contributed by atoms with Crippen LogP contribution in [0, 0.1) is 6.92 Å². The summed E-state index contributed by atoms with van der Waals surface area (Å²) in [7, 11) is 4.57. The number of hydrogen-bond acceptors (Lipinski definition) is 6. The van der Waals surface area contributed by atoms with Gasteiger partial charge >= 0.3 is 0 Å². The number of benzene rings is 3. The zero-order chi connectivity index (χ0) is 23.8. The Kier molecular flexibility index (Phi) is 7.64. The molecule has 0 heterocycles. The van der Waals surface area contributed by atoms with Gasteiger partial charge in [0.05, 0.1) is 38.8 Å². The minimum absolute atomic E-state index is 0.273. The highest BCUT2D eigenvalue weighted by Crippen LogP contribution is 2.33. The molecule has 0 aliphatic heterocycles. The Morgan fingerprint density at radius 1 is 0.818 bits per heavy atom. The van der Waals surface area contributed by atoms with Crippen LogP contribution >= 0.6 is 0 Å². The summed E-state index contributed by atoms with van der Waals surface area (Å²) in [6.45, 7) is 1.94. The number of carbonyl (C=O) groups excluding carboxylic acids is 2. The Hall–Kier alpha value is -4.33. The highest BCUT2D eigenvalue weighted by molar-refractivity contribution is 6.09. The smallest absolute Gasteiger partial charge is 0.273 e. The lowest BCUT2D eigenvalue weighted by atomic mass is 10.1. The average Bonchev–Trinajstić information content (AvgIpc) is 2.84. The number of nitrogens with zero attached hydrogens (tertiary/aromatic N) is 1. The number of nitrogens with one attached hydrogen (secondary N) is 2. The number of ether oxygens (including phenoxy) is 3. The molecule has 2 amide bonds. The first-order valence-corrected chi connectivity index (χ1v) is 10.1. The first-order chi connectivity index (χ1) is 16.0. The van der Waals surface area contributed by atoms with Crippen molar-refractivity contribution in [2.24, 2.45) is 5.10 Å². The second kappa shape index (κ2) is 10.8. The van der Waals surface area contributed by atoms with Crippen LogP contribution in [0.15, 0.2) is 65.8 Å². The van der Waals surface area contributed by atoms with Gasteiger partial charge in [0.15, 0.2) is 11.5 Å². The summed E-state index contributed by atoms with van der Waals surface area (Å²) in [6, 6.07) is 17.2. The van der Waals surface area contributed by atoms with E-state index in [1.807, 2.05) is 19.1 Å². The van der Waals surface area contributed by atoms with Crippen molar-refractivity contribution >= 4 is 23.7 Å². The SMILES string of the molecule is COc1cc(OC)c(OC)cc1/C=N/NC(=O)c1ccccc1NC(=O)c1ccc(C)cc1. The lowest BCUT2D eigenvalue weighted by molar-refractivity contribution is 0.0956. The fraction of sp³-hybridized carbons (Fsp3) is 0.160. The van der Waals surface area contributed by atoms with E-state index in [1.165, 1.54) is 27.5 Å². The molecule has 2 N–H and O–H groups in total. The molecule has 0 aliphatic carbocycles. The average molecular weight is 447 g/mol. The Morgan fingerprint density at radius 3 is 2.12 bits per heavy atom. The van der Waals surface area contributed by atoms with Crippen molar-refractivity contribution in [1.29, 1.82) is 0 Å². The maximum absolute atomic E-state index is 12.7. The predicted molar refractivity (Wildman–Crippen MR) is 127 cm³/mol. The molecule has 0 saturated carbocycles. The summed E-state index contributed by atoms with van der Waals surface area (Å²) in [4.78, 5) is 25.3. The number of methoxy groups -OCH3 is 3. The summed E-state index contributed by atoms with van der Waals surface area (Å²) in [6.07, 6.45) is 1.44. The maximum atomic E-state index is 12.7. The molecule has 0 bridgehead atoms. The number of carbonyl (C=O) groups is 2. The van der Waals surface area contributed by atoms with Gasteiger partial charge < -0.3 is 19.5 Å². The minimum Gasteiger partial charge on any atom is -0.496 e. The molecule has 0 saturated heterocycles. The number of amides is 2. The first-order valence-electron chi connectivity index (χ1n) is 10.1. The van der Waals surface area contributed by atoms with Gasteiger partial charge in [0.1, 0.15) is 5.75 Å². The summed E-state index contributed by atoms with van der Waals surface area (Å²) >= 11 is 0.